The summed E-state index contributed by atoms with van der Waals surface area (Å²) in [7, 11) is 1.54. The predicted molar refractivity (Wildman–Crippen MR) is 89.5 cm³/mol. The largest absolute Gasteiger partial charge is 0.497 e. The van der Waals surface area contributed by atoms with Crippen molar-refractivity contribution in [1.82, 2.24) is 0 Å². The summed E-state index contributed by atoms with van der Waals surface area (Å²) in [6, 6.07) is 6.23. The lowest BCUT2D eigenvalue weighted by atomic mass is 10.1. The first-order valence-electron chi connectivity index (χ1n) is 7.18. The van der Waals surface area contributed by atoms with Crippen LogP contribution in [0.2, 0.25) is 0 Å². The summed E-state index contributed by atoms with van der Waals surface area (Å²) in [6.45, 7) is 6.42. The van der Waals surface area contributed by atoms with Crippen molar-refractivity contribution in [1.29, 1.82) is 0 Å². The average molecular weight is 306 g/mol. The van der Waals surface area contributed by atoms with Crippen LogP contribution < -0.4 is 4.74 Å². The summed E-state index contributed by atoms with van der Waals surface area (Å²) in [5.41, 5.74) is 2.90. The monoisotopic (exact) mass is 306 g/mol. The molecule has 1 rings (SSSR count). The highest BCUT2D eigenvalue weighted by atomic mass is 16.5. The fraction of sp³-hybridized carbons (Fsp3) is 0.389. The third kappa shape index (κ3) is 9.77. The molecule has 1 aromatic carbocycles. The molecule has 0 atom stereocenters. The molecular weight excluding hydrogens is 280 g/mol. The van der Waals surface area contributed by atoms with Crippen LogP contribution in [0.4, 0.5) is 0 Å². The molecule has 4 nitrogen and oxygen atoms in total. The molecule has 122 valence electrons. The number of rotatable bonds is 6. The minimum Gasteiger partial charge on any atom is -0.497 e. The fourth-order valence-electron chi connectivity index (χ4n) is 1.58. The molecule has 4 heteroatoms. The van der Waals surface area contributed by atoms with Crippen molar-refractivity contribution in [3.05, 3.63) is 53.1 Å². The number of benzene rings is 1. The van der Waals surface area contributed by atoms with Gasteiger partial charge in [-0.1, -0.05) is 23.3 Å². The summed E-state index contributed by atoms with van der Waals surface area (Å²) in [4.78, 5) is 10.4. The van der Waals surface area contributed by atoms with E-state index in [0.29, 0.717) is 5.75 Å². The second kappa shape index (κ2) is 11.6. The second-order valence-corrected chi connectivity index (χ2v) is 5.09. The van der Waals surface area contributed by atoms with E-state index in [1.165, 1.54) is 30.4 Å². The molecule has 22 heavy (non-hydrogen) atoms. The number of aromatic carboxylic acids is 1. The number of aliphatic hydroxyl groups is 1. The smallest absolute Gasteiger partial charge is 0.335 e. The second-order valence-electron chi connectivity index (χ2n) is 5.09. The lowest BCUT2D eigenvalue weighted by Crippen LogP contribution is -1.95. The standard InChI is InChI=1S/C10H18O.C8H8O3/c1-9(2)5-4-6-10(3)7-8-11;1-11-7-4-2-6(3-5-7)8(9)10/h5,7,11H,4,6,8H2,1-3H3;2-5H,1H3,(H,9,10)/b10-7+;. The van der Waals surface area contributed by atoms with E-state index in [2.05, 4.69) is 26.8 Å². The van der Waals surface area contributed by atoms with E-state index in [1.54, 1.807) is 12.1 Å². The SMILES string of the molecule is CC(C)=CCC/C(C)=C/CO.COc1ccc(C(=O)O)cc1. The van der Waals surface area contributed by atoms with Gasteiger partial charge in [0.25, 0.3) is 0 Å². The summed E-state index contributed by atoms with van der Waals surface area (Å²) >= 11 is 0. The molecule has 0 saturated heterocycles. The molecule has 0 saturated carbocycles. The van der Waals surface area contributed by atoms with Crippen LogP contribution in [0.3, 0.4) is 0 Å². The zero-order chi connectivity index (χ0) is 17.0. The Labute approximate surface area is 132 Å². The molecule has 0 radical (unpaired) electrons. The highest BCUT2D eigenvalue weighted by Gasteiger charge is 2.00. The molecule has 0 aliphatic rings. The summed E-state index contributed by atoms with van der Waals surface area (Å²) in [6.07, 6.45) is 6.23. The molecule has 0 fully saturated rings. The number of hydrogen-bond donors (Lipinski definition) is 2. The highest BCUT2D eigenvalue weighted by Crippen LogP contribution is 2.10. The maximum atomic E-state index is 10.4. The van der Waals surface area contributed by atoms with E-state index in [1.807, 2.05) is 6.08 Å². The Morgan fingerprint density at radius 2 is 1.73 bits per heavy atom. The minimum absolute atomic E-state index is 0.167. The lowest BCUT2D eigenvalue weighted by Gasteiger charge is -1.98. The van der Waals surface area contributed by atoms with Crippen LogP contribution in [0.1, 0.15) is 44.0 Å². The van der Waals surface area contributed by atoms with E-state index < -0.39 is 5.97 Å². The first-order chi connectivity index (χ1) is 10.4. The van der Waals surface area contributed by atoms with Crippen LogP contribution >= 0.6 is 0 Å². The molecule has 0 unspecified atom stereocenters. The number of ether oxygens (including phenoxy) is 1. The fourth-order valence-corrected chi connectivity index (χ4v) is 1.58. The number of hydrogen-bond acceptors (Lipinski definition) is 3. The molecule has 0 aromatic heterocycles. The Morgan fingerprint density at radius 1 is 1.14 bits per heavy atom. The van der Waals surface area contributed by atoms with Gasteiger partial charge in [-0.15, -0.1) is 0 Å². The topological polar surface area (TPSA) is 66.8 Å². The number of aliphatic hydroxyl groups excluding tert-OH is 1. The quantitative estimate of drug-likeness (QED) is 0.778. The van der Waals surface area contributed by atoms with Gasteiger partial charge in [0, 0.05) is 0 Å². The maximum absolute atomic E-state index is 10.4. The van der Waals surface area contributed by atoms with E-state index in [0.717, 1.165) is 12.8 Å². The molecule has 0 aliphatic carbocycles. The van der Waals surface area contributed by atoms with Crippen LogP contribution in [-0.4, -0.2) is 29.9 Å². The number of carboxylic acids is 1. The van der Waals surface area contributed by atoms with Gasteiger partial charge in [0.05, 0.1) is 19.3 Å². The van der Waals surface area contributed by atoms with Crippen LogP contribution in [0.5, 0.6) is 5.75 Å². The highest BCUT2D eigenvalue weighted by molar-refractivity contribution is 5.87. The van der Waals surface area contributed by atoms with Gasteiger partial charge in [0.15, 0.2) is 0 Å². The molecule has 0 amide bonds. The van der Waals surface area contributed by atoms with Gasteiger partial charge in [-0.25, -0.2) is 4.79 Å². The van der Waals surface area contributed by atoms with Gasteiger partial charge < -0.3 is 14.9 Å². The van der Waals surface area contributed by atoms with Crippen molar-refractivity contribution >= 4 is 5.97 Å². The number of methoxy groups -OCH3 is 1. The van der Waals surface area contributed by atoms with E-state index in [-0.39, 0.29) is 12.2 Å². The van der Waals surface area contributed by atoms with Gasteiger partial charge in [-0.3, -0.25) is 0 Å². The van der Waals surface area contributed by atoms with Gasteiger partial charge in [-0.2, -0.15) is 0 Å². The Hall–Kier alpha value is -2.07. The Morgan fingerprint density at radius 3 is 2.14 bits per heavy atom. The van der Waals surface area contributed by atoms with Gasteiger partial charge in [-0.05, 0) is 57.9 Å². The lowest BCUT2D eigenvalue weighted by molar-refractivity contribution is 0.0697. The molecule has 0 aliphatic heterocycles. The first-order valence-corrected chi connectivity index (χ1v) is 7.18. The van der Waals surface area contributed by atoms with Crippen LogP contribution in [0, 0.1) is 0 Å². The Kier molecular flexibility index (Phi) is 10.5. The molecule has 0 spiro atoms. The van der Waals surface area contributed by atoms with Crippen molar-refractivity contribution in [3.8, 4) is 5.75 Å². The molecule has 0 heterocycles. The van der Waals surface area contributed by atoms with E-state index in [4.69, 9.17) is 14.9 Å². The summed E-state index contributed by atoms with van der Waals surface area (Å²) in [5.74, 6) is -0.261. The average Bonchev–Trinajstić information content (AvgIpc) is 2.48. The number of carboxylic acid groups (broad SMARTS) is 1. The van der Waals surface area contributed by atoms with Crippen molar-refractivity contribution in [2.24, 2.45) is 0 Å². The van der Waals surface area contributed by atoms with Crippen LogP contribution in [0.25, 0.3) is 0 Å². The van der Waals surface area contributed by atoms with Crippen molar-refractivity contribution in [3.63, 3.8) is 0 Å². The first kappa shape index (κ1) is 19.9. The molecule has 2 N–H and O–H groups in total. The molecule has 1 aromatic rings. The van der Waals surface area contributed by atoms with E-state index >= 15 is 0 Å². The van der Waals surface area contributed by atoms with Gasteiger partial charge in [0.1, 0.15) is 5.75 Å². The Balaban J connectivity index is 0.000000401. The van der Waals surface area contributed by atoms with E-state index in [9.17, 15) is 4.79 Å². The van der Waals surface area contributed by atoms with Gasteiger partial charge >= 0.3 is 5.97 Å². The van der Waals surface area contributed by atoms with Crippen molar-refractivity contribution in [2.75, 3.05) is 13.7 Å². The maximum Gasteiger partial charge on any atom is 0.335 e. The summed E-state index contributed by atoms with van der Waals surface area (Å²) in [5, 5.41) is 17.1. The Bertz CT molecular complexity index is 494. The zero-order valence-corrected chi connectivity index (χ0v) is 13.8. The van der Waals surface area contributed by atoms with Crippen molar-refractivity contribution in [2.45, 2.75) is 33.6 Å². The third-order valence-electron chi connectivity index (χ3n) is 2.87. The van der Waals surface area contributed by atoms with Crippen molar-refractivity contribution < 1.29 is 19.7 Å². The number of allylic oxidation sites excluding steroid dienone is 3. The van der Waals surface area contributed by atoms with Gasteiger partial charge in [0.2, 0.25) is 0 Å². The summed E-state index contributed by atoms with van der Waals surface area (Å²) < 4.78 is 4.86. The zero-order valence-electron chi connectivity index (χ0n) is 13.8. The predicted octanol–water partition coefficient (Wildman–Crippen LogP) is 4.06. The third-order valence-corrected chi connectivity index (χ3v) is 2.87. The number of carbonyl (C=O) groups is 1. The normalized spacial score (nSPS) is 10.3. The van der Waals surface area contributed by atoms with Crippen LogP contribution in [0.15, 0.2) is 47.6 Å². The molecule has 0 bridgehead atoms. The molecular formula is C18H26O4. The minimum atomic E-state index is -0.923. The van der Waals surface area contributed by atoms with Crippen LogP contribution in [-0.2, 0) is 0 Å².